The van der Waals surface area contributed by atoms with Crippen molar-refractivity contribution in [1.29, 1.82) is 0 Å². The molecule has 10 rings (SSSR count). The Labute approximate surface area is 571 Å². The fourth-order valence-corrected chi connectivity index (χ4v) is 15.2. The standard InChI is InChI=1S/C62H98O38/c63-16-33-40(70)45(75)50(80)58(96-33)90-24-6-1-21(2-7-24)56(85)88-19-36-43(73)47(77)52(82)60(98-36)92-26-12-29(66)27-14-32(95-62-54(84)48(78)42(72)35(99-62)18-87-39(69)15-38(67)68)55(93-30(27)13-26)23-5-10-28(65)31(11-23)94-61-53(83)49(79)44(74)37(100-61)20-89-57(86)22-3-8-25(9-4-22)91-59-51(81)46(76)41(71)34(17-64)97-59/h21-37,40-55,58-66,70-84H,1-20H2,(H,67,68)/t21?,22?,23?,24?,25?,26?,27?,28?,29?,30?,31?,32?,33-,34-,35-,36-,37-,40-,41-,42-,43-,44-,45+,46+,47+,48+,49+,50-,51-,52-,53-,54-,55?,58-,59-,60-,61-,62-/m1/s1. The highest BCUT2D eigenvalue weighted by Gasteiger charge is 2.56. The van der Waals surface area contributed by atoms with E-state index in [1.54, 1.807) is 0 Å². The van der Waals surface area contributed by atoms with Crippen molar-refractivity contribution in [2.24, 2.45) is 23.7 Å². The molecule has 20 N–H and O–H groups in total. The van der Waals surface area contributed by atoms with Crippen molar-refractivity contribution in [3.05, 3.63) is 0 Å². The maximum atomic E-state index is 13.4. The fourth-order valence-electron chi connectivity index (χ4n) is 15.2. The smallest absolute Gasteiger partial charge is 0.317 e. The number of aliphatic hydroxyl groups is 19. The molecule has 38 heteroatoms. The van der Waals surface area contributed by atoms with Crippen LogP contribution in [-0.4, -0.2) is 368 Å². The lowest BCUT2D eigenvalue weighted by Gasteiger charge is -2.52. The molecular weight excluding hydrogens is 1350 g/mol. The number of carboxylic acids is 1. The van der Waals surface area contributed by atoms with Gasteiger partial charge in [-0.2, -0.15) is 0 Å². The Morgan fingerprint density at radius 3 is 1.12 bits per heavy atom. The van der Waals surface area contributed by atoms with Gasteiger partial charge in [-0.3, -0.25) is 19.2 Å². The van der Waals surface area contributed by atoms with E-state index in [0.29, 0.717) is 0 Å². The number of aliphatic hydroxyl groups excluding tert-OH is 19. The van der Waals surface area contributed by atoms with Crippen LogP contribution in [0.15, 0.2) is 0 Å². The summed E-state index contributed by atoms with van der Waals surface area (Å²) in [6.07, 6.45) is -50.7. The number of carbonyl (C=O) groups excluding carboxylic acids is 3. The van der Waals surface area contributed by atoms with Gasteiger partial charge in [-0.15, -0.1) is 0 Å². The molecule has 4 saturated carbocycles. The van der Waals surface area contributed by atoms with Crippen LogP contribution in [0.4, 0.5) is 0 Å². The zero-order valence-corrected chi connectivity index (χ0v) is 54.4. The number of fused-ring (bicyclic) bond motifs is 1. The Kier molecular flexibility index (Phi) is 27.7. The number of esters is 3. The van der Waals surface area contributed by atoms with Crippen LogP contribution in [-0.2, 0) is 85.5 Å². The van der Waals surface area contributed by atoms with Gasteiger partial charge in [0.1, 0.15) is 148 Å². The van der Waals surface area contributed by atoms with Crippen molar-refractivity contribution in [2.45, 2.75) is 305 Å². The van der Waals surface area contributed by atoms with Gasteiger partial charge in [0.25, 0.3) is 0 Å². The van der Waals surface area contributed by atoms with Crippen molar-refractivity contribution >= 4 is 23.9 Å². The van der Waals surface area contributed by atoms with Crippen LogP contribution >= 0.6 is 0 Å². The largest absolute Gasteiger partial charge is 0.481 e. The van der Waals surface area contributed by atoms with Crippen LogP contribution in [0.25, 0.3) is 0 Å². The Morgan fingerprint density at radius 1 is 0.340 bits per heavy atom. The second-order valence-corrected chi connectivity index (χ2v) is 28.0. The Morgan fingerprint density at radius 2 is 0.710 bits per heavy atom. The van der Waals surface area contributed by atoms with E-state index in [-0.39, 0.29) is 89.9 Å². The maximum Gasteiger partial charge on any atom is 0.317 e. The van der Waals surface area contributed by atoms with Crippen molar-refractivity contribution in [3.63, 3.8) is 0 Å². The lowest BCUT2D eigenvalue weighted by atomic mass is 9.72. The molecule has 10 fully saturated rings. The average molecular weight is 1450 g/mol. The molecule has 0 aromatic heterocycles. The third kappa shape index (κ3) is 18.4. The lowest BCUT2D eigenvalue weighted by molar-refractivity contribution is -0.341. The van der Waals surface area contributed by atoms with Gasteiger partial charge in [0.2, 0.25) is 0 Å². The highest BCUT2D eigenvalue weighted by atomic mass is 16.7. The van der Waals surface area contributed by atoms with Crippen molar-refractivity contribution in [1.82, 2.24) is 0 Å². The van der Waals surface area contributed by atoms with Gasteiger partial charge in [0.05, 0.1) is 80.0 Å². The number of carboxylic acid groups (broad SMARTS) is 1. The average Bonchev–Trinajstić information content (AvgIpc) is 0.761. The van der Waals surface area contributed by atoms with Gasteiger partial charge in [0, 0.05) is 18.8 Å². The summed E-state index contributed by atoms with van der Waals surface area (Å²) >= 11 is 0. The third-order valence-corrected chi connectivity index (χ3v) is 21.2. The number of aliphatic carboxylic acids is 1. The van der Waals surface area contributed by atoms with Crippen LogP contribution < -0.4 is 0 Å². The summed E-state index contributed by atoms with van der Waals surface area (Å²) in [6, 6.07) is 0. The van der Waals surface area contributed by atoms with E-state index in [9.17, 15) is 116 Å². The van der Waals surface area contributed by atoms with Crippen LogP contribution in [0, 0.1) is 23.7 Å². The van der Waals surface area contributed by atoms with Crippen LogP contribution in [0.1, 0.15) is 96.3 Å². The molecule has 4 aliphatic carbocycles. The molecule has 6 heterocycles. The number of hydrogen-bond donors (Lipinski definition) is 20. The molecule has 0 radical (unpaired) electrons. The second kappa shape index (κ2) is 34.9. The predicted molar refractivity (Wildman–Crippen MR) is 316 cm³/mol. The van der Waals surface area contributed by atoms with Crippen LogP contribution in [0.2, 0.25) is 0 Å². The highest BCUT2D eigenvalue weighted by molar-refractivity contribution is 5.90. The molecule has 34 atom stereocenters. The van der Waals surface area contributed by atoms with Gasteiger partial charge in [-0.05, 0) is 83.0 Å². The van der Waals surface area contributed by atoms with Gasteiger partial charge >= 0.3 is 23.9 Å². The monoisotopic (exact) mass is 1450 g/mol. The molecule has 0 bridgehead atoms. The summed E-state index contributed by atoms with van der Waals surface area (Å²) < 4.78 is 82.1. The molecule has 0 amide bonds. The molecular formula is C62H98O38. The van der Waals surface area contributed by atoms with Crippen molar-refractivity contribution in [2.75, 3.05) is 33.0 Å². The lowest BCUT2D eigenvalue weighted by Crippen LogP contribution is -2.63. The first-order chi connectivity index (χ1) is 47.5. The number of rotatable bonds is 23. The zero-order chi connectivity index (χ0) is 72.3. The Hall–Kier alpha value is -3.32. The van der Waals surface area contributed by atoms with E-state index >= 15 is 0 Å². The molecule has 0 aromatic carbocycles. The number of carbonyl (C=O) groups is 4. The fraction of sp³-hybridized carbons (Fsp3) is 0.935. The minimum Gasteiger partial charge on any atom is -0.481 e. The first-order valence-corrected chi connectivity index (χ1v) is 34.2. The summed E-state index contributed by atoms with van der Waals surface area (Å²) in [5.74, 6) is -7.07. The van der Waals surface area contributed by atoms with E-state index in [2.05, 4.69) is 0 Å². The molecule has 574 valence electrons. The maximum absolute atomic E-state index is 13.4. The summed E-state index contributed by atoms with van der Waals surface area (Å²) in [5.41, 5.74) is 0. The van der Waals surface area contributed by atoms with Crippen molar-refractivity contribution in [3.8, 4) is 0 Å². The first kappa shape index (κ1) is 79.2. The molecule has 0 spiro atoms. The summed E-state index contributed by atoms with van der Waals surface area (Å²) in [6.45, 7) is -3.37. The SMILES string of the molecule is O=C(O)CC(=O)OC[C@H]1O[C@@H](OC2CC3C(O)CC(O[C@@H]4O[C@H](COC(=O)C5CCC(O[C@@H]6O[C@H](CO)[C@@H](O)[C@H](O)[C@H]6O)CC5)[C@@H](O)[C@H](O)[C@H]4O)CC3OC2C2CCC(O)C(O[C@@H]3O[C@H](COC(=O)C4CCC(O[C@@H]5O[C@H](CO)[C@@H](O)[C@H](O)[C@H]5O)CC4)[C@@H](O)[C@H](O)[C@H]3O)C2)[C@H](O)[C@@H](O)[C@@H]1O. The number of ether oxygens (including phenoxy) is 14. The van der Waals surface area contributed by atoms with Gasteiger partial charge in [-0.25, -0.2) is 0 Å². The van der Waals surface area contributed by atoms with E-state index < -0.39 is 295 Å². The summed E-state index contributed by atoms with van der Waals surface area (Å²) in [4.78, 5) is 50.2. The van der Waals surface area contributed by atoms with Crippen molar-refractivity contribution < 1.29 is 188 Å². The zero-order valence-electron chi connectivity index (χ0n) is 54.4. The van der Waals surface area contributed by atoms with Gasteiger partial charge in [0.15, 0.2) is 31.5 Å². The topological polar surface area (TPSA) is 602 Å². The first-order valence-electron chi connectivity index (χ1n) is 34.2. The molecule has 38 nitrogen and oxygen atoms in total. The Balaban J connectivity index is 0.773. The minimum atomic E-state index is -2.00. The van der Waals surface area contributed by atoms with Gasteiger partial charge in [-0.1, -0.05) is 0 Å². The van der Waals surface area contributed by atoms with E-state index in [4.69, 9.17) is 71.4 Å². The van der Waals surface area contributed by atoms with Crippen LogP contribution in [0.3, 0.4) is 0 Å². The normalized spacial score (nSPS) is 48.8. The number of hydrogen-bond acceptors (Lipinski definition) is 37. The predicted octanol–water partition coefficient (Wildman–Crippen LogP) is -9.49. The quantitative estimate of drug-likeness (QED) is 0.0257. The van der Waals surface area contributed by atoms with Gasteiger partial charge < -0.3 is 168 Å². The molecule has 100 heavy (non-hydrogen) atoms. The third-order valence-electron chi connectivity index (χ3n) is 21.2. The van der Waals surface area contributed by atoms with E-state index in [0.717, 1.165) is 0 Å². The summed E-state index contributed by atoms with van der Waals surface area (Å²) in [7, 11) is 0. The minimum absolute atomic E-state index is 0.0291. The summed E-state index contributed by atoms with van der Waals surface area (Å²) in [5, 5.41) is 213. The highest BCUT2D eigenvalue weighted by Crippen LogP contribution is 2.46. The molecule has 9 unspecified atom stereocenters. The van der Waals surface area contributed by atoms with E-state index in [1.807, 2.05) is 0 Å². The second-order valence-electron chi connectivity index (χ2n) is 28.0. The molecule has 0 aromatic rings. The van der Waals surface area contributed by atoms with E-state index in [1.165, 1.54) is 0 Å². The molecule has 6 aliphatic heterocycles. The molecule has 10 aliphatic rings. The van der Waals surface area contributed by atoms with Crippen LogP contribution in [0.5, 0.6) is 0 Å². The molecule has 6 saturated heterocycles. The Bertz CT molecular complexity index is 2610.